The highest BCUT2D eigenvalue weighted by Gasteiger charge is 2.20. The van der Waals surface area contributed by atoms with Crippen molar-refractivity contribution < 1.29 is 19.1 Å². The van der Waals surface area contributed by atoms with Crippen molar-refractivity contribution in [3.63, 3.8) is 0 Å². The highest BCUT2D eigenvalue weighted by Crippen LogP contribution is 2.28. The van der Waals surface area contributed by atoms with Gasteiger partial charge in [-0.25, -0.2) is 4.98 Å². The van der Waals surface area contributed by atoms with Crippen LogP contribution in [-0.4, -0.2) is 35.8 Å². The first-order valence-electron chi connectivity index (χ1n) is 9.30. The summed E-state index contributed by atoms with van der Waals surface area (Å²) in [6.45, 7) is 5.73. The molecule has 0 fully saturated rings. The van der Waals surface area contributed by atoms with Crippen LogP contribution >= 0.6 is 22.7 Å². The molecule has 0 unspecified atom stereocenters. The summed E-state index contributed by atoms with van der Waals surface area (Å²) >= 11 is 2.98. The molecule has 3 aromatic rings. The average Bonchev–Trinajstić information content (AvgIpc) is 3.27. The van der Waals surface area contributed by atoms with Gasteiger partial charge in [0.1, 0.15) is 0 Å². The maximum Gasteiger partial charge on any atom is 0.306 e. The van der Waals surface area contributed by atoms with Crippen LogP contribution < -0.4 is 4.90 Å². The van der Waals surface area contributed by atoms with Gasteiger partial charge in [0.05, 0.1) is 16.6 Å². The first kappa shape index (κ1) is 21.1. The lowest BCUT2D eigenvalue weighted by molar-refractivity contribution is -0.147. The van der Waals surface area contributed by atoms with E-state index in [0.29, 0.717) is 17.2 Å². The monoisotopic (exact) mass is 430 g/mol. The van der Waals surface area contributed by atoms with E-state index >= 15 is 0 Å². The van der Waals surface area contributed by atoms with Gasteiger partial charge in [0.2, 0.25) is 0 Å². The van der Waals surface area contributed by atoms with Crippen LogP contribution in [0, 0.1) is 13.8 Å². The zero-order valence-electron chi connectivity index (χ0n) is 16.6. The quantitative estimate of drug-likeness (QED) is 0.387. The lowest BCUT2D eigenvalue weighted by Gasteiger charge is -2.17. The molecule has 0 aliphatic rings. The van der Waals surface area contributed by atoms with Crippen molar-refractivity contribution in [3.8, 4) is 0 Å². The van der Waals surface area contributed by atoms with Gasteiger partial charge in [0.15, 0.2) is 17.5 Å². The second-order valence-electron chi connectivity index (χ2n) is 6.51. The highest BCUT2D eigenvalue weighted by atomic mass is 32.1. The fraction of sp³-hybridized carbons (Fsp3) is 0.333. The number of aromatic nitrogens is 1. The number of carbonyl (C=O) groups is 3. The Morgan fingerprint density at radius 3 is 2.52 bits per heavy atom. The van der Waals surface area contributed by atoms with Crippen molar-refractivity contribution in [2.75, 3.05) is 18.1 Å². The molecule has 1 aromatic carbocycles. The molecule has 0 radical (unpaired) electrons. The number of thiophene rings is 1. The third kappa shape index (κ3) is 5.07. The molecule has 0 bridgehead atoms. The van der Waals surface area contributed by atoms with E-state index in [0.717, 1.165) is 20.0 Å². The van der Waals surface area contributed by atoms with E-state index in [1.165, 1.54) is 16.2 Å². The Morgan fingerprint density at radius 1 is 1.10 bits per heavy atom. The van der Waals surface area contributed by atoms with Gasteiger partial charge in [0, 0.05) is 28.3 Å². The number of nitrogens with zero attached hydrogens (tertiary/aromatic N) is 2. The topological polar surface area (TPSA) is 76.6 Å². The van der Waals surface area contributed by atoms with Crippen LogP contribution in [0.25, 0.3) is 10.2 Å². The number of thiazole rings is 1. The molecule has 0 aliphatic carbocycles. The van der Waals surface area contributed by atoms with E-state index in [4.69, 9.17) is 4.74 Å². The number of fused-ring (bicyclic) bond motifs is 1. The molecule has 8 heteroatoms. The molecule has 6 nitrogen and oxygen atoms in total. The number of benzene rings is 1. The van der Waals surface area contributed by atoms with Crippen LogP contribution in [0.3, 0.4) is 0 Å². The lowest BCUT2D eigenvalue weighted by Crippen LogP contribution is -2.34. The SMILES string of the molecule is CCN(C(=O)COC(=O)CCC(=O)c1cc(C)sc1C)c1nc2ccccc2s1. The molecule has 1 amide bonds. The molecular formula is C21H22N2O4S2. The maximum atomic E-state index is 12.5. The van der Waals surface area contributed by atoms with Gasteiger partial charge in [0.25, 0.3) is 5.91 Å². The molecule has 2 heterocycles. The fourth-order valence-corrected chi connectivity index (χ4v) is 4.93. The number of rotatable bonds is 8. The van der Waals surface area contributed by atoms with Crippen molar-refractivity contribution >= 4 is 55.7 Å². The molecule has 29 heavy (non-hydrogen) atoms. The van der Waals surface area contributed by atoms with Crippen LogP contribution in [0.5, 0.6) is 0 Å². The van der Waals surface area contributed by atoms with E-state index in [1.807, 2.05) is 51.1 Å². The number of amides is 1. The number of ketones is 1. The Morgan fingerprint density at radius 2 is 1.86 bits per heavy atom. The van der Waals surface area contributed by atoms with Crippen molar-refractivity contribution in [2.45, 2.75) is 33.6 Å². The first-order chi connectivity index (χ1) is 13.9. The summed E-state index contributed by atoms with van der Waals surface area (Å²) in [6, 6.07) is 9.49. The molecular weight excluding hydrogens is 408 g/mol. The number of Topliss-reactive ketones (excluding diaryl/α,β-unsaturated/α-hetero) is 1. The molecule has 3 rings (SSSR count). The number of esters is 1. The van der Waals surface area contributed by atoms with E-state index in [9.17, 15) is 14.4 Å². The van der Waals surface area contributed by atoms with Crippen molar-refractivity contribution in [1.29, 1.82) is 0 Å². The number of para-hydroxylation sites is 1. The molecule has 0 saturated carbocycles. The molecule has 152 valence electrons. The number of likely N-dealkylation sites (N-methyl/N-ethyl adjacent to an activating group) is 1. The zero-order chi connectivity index (χ0) is 21.0. The summed E-state index contributed by atoms with van der Waals surface area (Å²) in [7, 11) is 0. The summed E-state index contributed by atoms with van der Waals surface area (Å²) in [5.74, 6) is -0.980. The van der Waals surface area contributed by atoms with Crippen LogP contribution in [0.4, 0.5) is 5.13 Å². The van der Waals surface area contributed by atoms with Crippen LogP contribution in [-0.2, 0) is 14.3 Å². The Balaban J connectivity index is 1.52. The van der Waals surface area contributed by atoms with Gasteiger partial charge in [-0.15, -0.1) is 11.3 Å². The second-order valence-corrected chi connectivity index (χ2v) is 8.98. The van der Waals surface area contributed by atoms with Crippen LogP contribution in [0.15, 0.2) is 30.3 Å². The average molecular weight is 431 g/mol. The predicted octanol–water partition coefficient (Wildman–Crippen LogP) is 4.53. The molecule has 0 spiro atoms. The molecule has 0 atom stereocenters. The standard InChI is InChI=1S/C21H22N2O4S2/c1-4-23(21-22-16-7-5-6-8-18(16)29-21)19(25)12-27-20(26)10-9-17(24)15-11-13(2)28-14(15)3/h5-8,11H,4,9-10,12H2,1-3H3. The second kappa shape index (κ2) is 9.28. The minimum Gasteiger partial charge on any atom is -0.456 e. The van der Waals surface area contributed by atoms with Crippen molar-refractivity contribution in [2.24, 2.45) is 0 Å². The van der Waals surface area contributed by atoms with Gasteiger partial charge in [-0.2, -0.15) is 0 Å². The van der Waals surface area contributed by atoms with E-state index in [1.54, 1.807) is 11.3 Å². The van der Waals surface area contributed by atoms with Gasteiger partial charge < -0.3 is 4.74 Å². The normalized spacial score (nSPS) is 10.9. The number of hydrogen-bond acceptors (Lipinski definition) is 7. The Bertz CT molecular complexity index is 1020. The summed E-state index contributed by atoms with van der Waals surface area (Å²) in [5, 5.41) is 0.577. The Hall–Kier alpha value is -2.58. The number of ether oxygens (including phenoxy) is 1. The predicted molar refractivity (Wildman–Crippen MR) is 116 cm³/mol. The first-order valence-corrected chi connectivity index (χ1v) is 10.9. The number of anilines is 1. The Labute approximate surface area is 177 Å². The summed E-state index contributed by atoms with van der Waals surface area (Å²) in [6.07, 6.45) is 0.0209. The molecule has 0 saturated heterocycles. The van der Waals surface area contributed by atoms with Crippen LogP contribution in [0.1, 0.15) is 39.9 Å². The van der Waals surface area contributed by atoms with Gasteiger partial charge in [-0.1, -0.05) is 23.5 Å². The number of hydrogen-bond donors (Lipinski definition) is 0. The summed E-state index contributed by atoms with van der Waals surface area (Å²) < 4.78 is 6.09. The lowest BCUT2D eigenvalue weighted by atomic mass is 10.1. The number of carbonyl (C=O) groups excluding carboxylic acids is 3. The minimum atomic E-state index is -0.559. The van der Waals surface area contributed by atoms with E-state index in [2.05, 4.69) is 4.98 Å². The smallest absolute Gasteiger partial charge is 0.306 e. The minimum absolute atomic E-state index is 0.0479. The van der Waals surface area contributed by atoms with E-state index in [-0.39, 0.29) is 31.1 Å². The van der Waals surface area contributed by atoms with E-state index < -0.39 is 5.97 Å². The van der Waals surface area contributed by atoms with Gasteiger partial charge in [-0.05, 0) is 39.0 Å². The third-order valence-corrected chi connectivity index (χ3v) is 6.41. The van der Waals surface area contributed by atoms with Crippen molar-refractivity contribution in [3.05, 3.63) is 45.6 Å². The maximum absolute atomic E-state index is 12.5. The van der Waals surface area contributed by atoms with Crippen LogP contribution in [0.2, 0.25) is 0 Å². The van der Waals surface area contributed by atoms with Gasteiger partial charge >= 0.3 is 5.97 Å². The van der Waals surface area contributed by atoms with Gasteiger partial charge in [-0.3, -0.25) is 19.3 Å². The summed E-state index contributed by atoms with van der Waals surface area (Å²) in [5.41, 5.74) is 1.48. The zero-order valence-corrected chi connectivity index (χ0v) is 18.2. The third-order valence-electron chi connectivity index (χ3n) is 4.38. The highest BCUT2D eigenvalue weighted by molar-refractivity contribution is 7.22. The number of aryl methyl sites for hydroxylation is 2. The van der Waals surface area contributed by atoms with Crippen molar-refractivity contribution in [1.82, 2.24) is 4.98 Å². The molecule has 0 N–H and O–H groups in total. The largest absolute Gasteiger partial charge is 0.456 e. The molecule has 0 aliphatic heterocycles. The fourth-order valence-electron chi connectivity index (χ4n) is 2.94. The molecule has 2 aromatic heterocycles. The Kier molecular flexibility index (Phi) is 6.76. The summed E-state index contributed by atoms with van der Waals surface area (Å²) in [4.78, 5) is 44.8.